The molecule has 0 fully saturated rings. The Kier molecular flexibility index (Phi) is 7.76. The van der Waals surface area contributed by atoms with Gasteiger partial charge in [0.15, 0.2) is 0 Å². The van der Waals surface area contributed by atoms with E-state index >= 15 is 0 Å². The maximum atomic E-state index is 8.35. The lowest BCUT2D eigenvalue weighted by atomic mass is 10.2. The molecule has 0 aromatic carbocycles. The number of nitrogens with one attached hydrogen (secondary N) is 1. The maximum Gasteiger partial charge on any atom is 0.0638 e. The fourth-order valence-electron chi connectivity index (χ4n) is 0.774. The molecule has 0 spiro atoms. The van der Waals surface area contributed by atoms with E-state index in [1.54, 1.807) is 0 Å². The minimum Gasteiger partial charge on any atom is -0.313 e. The van der Waals surface area contributed by atoms with Crippen LogP contribution in [0.4, 0.5) is 0 Å². The lowest BCUT2D eigenvalue weighted by molar-refractivity contribution is 0.556. The summed E-state index contributed by atoms with van der Waals surface area (Å²) in [5.74, 6) is 1.20. The van der Waals surface area contributed by atoms with Crippen LogP contribution in [0.2, 0.25) is 0 Å². The highest BCUT2D eigenvalue weighted by Crippen LogP contribution is 1.94. The molecule has 64 valence electrons. The van der Waals surface area contributed by atoms with Crippen molar-refractivity contribution in [1.82, 2.24) is 5.32 Å². The first-order valence-electron chi connectivity index (χ1n) is 3.90. The lowest BCUT2D eigenvalue weighted by Crippen LogP contribution is -2.26. The van der Waals surface area contributed by atoms with Crippen LogP contribution >= 0.6 is 11.8 Å². The van der Waals surface area contributed by atoms with Crippen molar-refractivity contribution in [3.05, 3.63) is 0 Å². The zero-order valence-electron chi connectivity index (χ0n) is 7.26. The molecule has 0 heterocycles. The van der Waals surface area contributed by atoms with Crippen molar-refractivity contribution in [3.8, 4) is 6.07 Å². The van der Waals surface area contributed by atoms with Crippen LogP contribution in [0.5, 0.6) is 0 Å². The van der Waals surface area contributed by atoms with E-state index in [9.17, 15) is 0 Å². The molecule has 0 aromatic heterocycles. The molecule has 11 heavy (non-hydrogen) atoms. The van der Waals surface area contributed by atoms with Gasteiger partial charge in [0.25, 0.3) is 0 Å². The summed E-state index contributed by atoms with van der Waals surface area (Å²) in [5, 5.41) is 11.6. The van der Waals surface area contributed by atoms with Crippen LogP contribution in [0, 0.1) is 11.3 Å². The smallest absolute Gasteiger partial charge is 0.0638 e. The molecule has 2 nitrogen and oxygen atoms in total. The van der Waals surface area contributed by atoms with E-state index in [-0.39, 0.29) is 0 Å². The molecular weight excluding hydrogens is 156 g/mol. The van der Waals surface area contributed by atoms with Gasteiger partial charge in [-0.25, -0.2) is 0 Å². The van der Waals surface area contributed by atoms with Gasteiger partial charge in [-0.05, 0) is 31.9 Å². The molecule has 0 amide bonds. The molecular formula is C8H16N2S. The van der Waals surface area contributed by atoms with Gasteiger partial charge in [-0.2, -0.15) is 17.0 Å². The molecule has 0 aromatic rings. The molecule has 1 N–H and O–H groups in total. The van der Waals surface area contributed by atoms with Crippen molar-refractivity contribution < 1.29 is 0 Å². The third-order valence-corrected chi connectivity index (χ3v) is 2.11. The molecule has 0 saturated carbocycles. The number of thioether (sulfide) groups is 1. The lowest BCUT2D eigenvalue weighted by Gasteiger charge is -2.08. The third kappa shape index (κ3) is 7.70. The van der Waals surface area contributed by atoms with Gasteiger partial charge in [0.1, 0.15) is 0 Å². The van der Waals surface area contributed by atoms with E-state index in [0.29, 0.717) is 12.5 Å². The Bertz CT molecular complexity index is 120. The Balaban J connectivity index is 3.05. The summed E-state index contributed by atoms with van der Waals surface area (Å²) in [5.41, 5.74) is 0. The quantitative estimate of drug-likeness (QED) is 0.619. The second kappa shape index (κ2) is 7.90. The van der Waals surface area contributed by atoms with Gasteiger partial charge in [-0.15, -0.1) is 0 Å². The van der Waals surface area contributed by atoms with Gasteiger partial charge in [-0.1, -0.05) is 0 Å². The Morgan fingerprint density at radius 1 is 1.64 bits per heavy atom. The Labute approximate surface area is 73.4 Å². The zero-order chi connectivity index (χ0) is 8.53. The Hall–Kier alpha value is -0.200. The molecule has 3 heteroatoms. The van der Waals surface area contributed by atoms with Crippen LogP contribution in [0.3, 0.4) is 0 Å². The zero-order valence-corrected chi connectivity index (χ0v) is 8.08. The summed E-state index contributed by atoms with van der Waals surface area (Å²) in [6.45, 7) is 3.08. The topological polar surface area (TPSA) is 35.8 Å². The van der Waals surface area contributed by atoms with Gasteiger partial charge in [0.2, 0.25) is 0 Å². The average Bonchev–Trinajstić information content (AvgIpc) is 1.99. The first-order valence-corrected chi connectivity index (χ1v) is 5.30. The molecule has 1 unspecified atom stereocenters. The summed E-state index contributed by atoms with van der Waals surface area (Å²) < 4.78 is 0. The molecule has 0 aliphatic rings. The van der Waals surface area contributed by atoms with Crippen LogP contribution in [-0.4, -0.2) is 24.6 Å². The molecule has 0 radical (unpaired) electrons. The SMILES string of the molecule is CSCCCNC(C)CC#N. The summed E-state index contributed by atoms with van der Waals surface area (Å²) in [6, 6.07) is 2.49. The number of rotatable bonds is 6. The highest BCUT2D eigenvalue weighted by molar-refractivity contribution is 7.98. The summed E-state index contributed by atoms with van der Waals surface area (Å²) in [7, 11) is 0. The van der Waals surface area contributed by atoms with Crippen molar-refractivity contribution in [2.75, 3.05) is 18.6 Å². The second-order valence-electron chi connectivity index (χ2n) is 2.56. The molecule has 1 atom stereocenters. The highest BCUT2D eigenvalue weighted by Gasteiger charge is 1.97. The summed E-state index contributed by atoms with van der Waals surface area (Å²) in [4.78, 5) is 0. The van der Waals surface area contributed by atoms with Crippen LogP contribution in [0.1, 0.15) is 19.8 Å². The van der Waals surface area contributed by atoms with Crippen LogP contribution in [0.15, 0.2) is 0 Å². The number of hydrogen-bond acceptors (Lipinski definition) is 3. The maximum absolute atomic E-state index is 8.35. The largest absolute Gasteiger partial charge is 0.313 e. The fourth-order valence-corrected chi connectivity index (χ4v) is 1.21. The van der Waals surface area contributed by atoms with Crippen molar-refractivity contribution in [1.29, 1.82) is 5.26 Å². The molecule has 0 rings (SSSR count). The highest BCUT2D eigenvalue weighted by atomic mass is 32.2. The monoisotopic (exact) mass is 172 g/mol. The van der Waals surface area contributed by atoms with Crippen molar-refractivity contribution in [2.45, 2.75) is 25.8 Å². The van der Waals surface area contributed by atoms with Crippen molar-refractivity contribution >= 4 is 11.8 Å². The number of nitriles is 1. The second-order valence-corrected chi connectivity index (χ2v) is 3.55. The van der Waals surface area contributed by atoms with Crippen molar-refractivity contribution in [3.63, 3.8) is 0 Å². The summed E-state index contributed by atoms with van der Waals surface area (Å²) in [6.07, 6.45) is 3.91. The van der Waals surface area contributed by atoms with E-state index in [0.717, 1.165) is 6.54 Å². The van der Waals surface area contributed by atoms with E-state index < -0.39 is 0 Å². The third-order valence-electron chi connectivity index (χ3n) is 1.42. The van der Waals surface area contributed by atoms with Gasteiger partial charge in [0, 0.05) is 6.04 Å². The average molecular weight is 172 g/mol. The summed E-state index contributed by atoms with van der Waals surface area (Å²) >= 11 is 1.86. The minimum atomic E-state index is 0.349. The van der Waals surface area contributed by atoms with Crippen molar-refractivity contribution in [2.24, 2.45) is 0 Å². The fraction of sp³-hybridized carbons (Fsp3) is 0.875. The predicted molar refractivity (Wildman–Crippen MR) is 50.7 cm³/mol. The predicted octanol–water partition coefficient (Wildman–Crippen LogP) is 1.63. The normalized spacial score (nSPS) is 12.5. The van der Waals surface area contributed by atoms with Crippen LogP contribution < -0.4 is 5.32 Å². The molecule has 0 saturated heterocycles. The van der Waals surface area contributed by atoms with E-state index in [1.165, 1.54) is 12.2 Å². The standard InChI is InChI=1S/C8H16N2S/c1-8(4-5-9)10-6-3-7-11-2/h8,10H,3-4,6-7H2,1-2H3. The van der Waals surface area contributed by atoms with Gasteiger partial charge < -0.3 is 5.32 Å². The molecule has 0 aliphatic heterocycles. The van der Waals surface area contributed by atoms with Crippen LogP contribution in [-0.2, 0) is 0 Å². The first kappa shape index (κ1) is 10.8. The number of hydrogen-bond donors (Lipinski definition) is 1. The van der Waals surface area contributed by atoms with E-state index in [2.05, 4.69) is 17.6 Å². The Morgan fingerprint density at radius 2 is 2.36 bits per heavy atom. The molecule has 0 bridgehead atoms. The van der Waals surface area contributed by atoms with E-state index in [1.807, 2.05) is 18.7 Å². The van der Waals surface area contributed by atoms with Gasteiger partial charge >= 0.3 is 0 Å². The van der Waals surface area contributed by atoms with Gasteiger partial charge in [0.05, 0.1) is 12.5 Å². The number of nitrogens with zero attached hydrogens (tertiary/aromatic N) is 1. The van der Waals surface area contributed by atoms with Gasteiger partial charge in [-0.3, -0.25) is 0 Å². The first-order chi connectivity index (χ1) is 5.31. The minimum absolute atomic E-state index is 0.349. The molecule has 0 aliphatic carbocycles. The van der Waals surface area contributed by atoms with Crippen LogP contribution in [0.25, 0.3) is 0 Å². The van der Waals surface area contributed by atoms with E-state index in [4.69, 9.17) is 5.26 Å². The Morgan fingerprint density at radius 3 is 2.91 bits per heavy atom.